The van der Waals surface area contributed by atoms with Gasteiger partial charge in [0.05, 0.1) is 14.2 Å². The van der Waals surface area contributed by atoms with E-state index in [1.165, 1.54) is 12.8 Å². The minimum Gasteiger partial charge on any atom is -0.497 e. The highest BCUT2D eigenvalue weighted by atomic mass is 35.5. The maximum Gasteiger partial charge on any atom is 0.222 e. The first-order valence-electron chi connectivity index (χ1n) is 10.6. The van der Waals surface area contributed by atoms with Crippen LogP contribution >= 0.6 is 24.8 Å². The minimum atomic E-state index is 0. The Kier molecular flexibility index (Phi) is 11.7. The molecular weight excluding hydrogens is 425 g/mol. The van der Waals surface area contributed by atoms with Crippen molar-refractivity contribution in [2.24, 2.45) is 11.8 Å². The number of nitrogens with zero attached hydrogens (tertiary/aromatic N) is 1. The van der Waals surface area contributed by atoms with Crippen LogP contribution in [-0.4, -0.2) is 57.2 Å². The van der Waals surface area contributed by atoms with Gasteiger partial charge in [0.1, 0.15) is 11.5 Å². The number of anilines is 1. The summed E-state index contributed by atoms with van der Waals surface area (Å²) in [5.74, 6) is 2.97. The normalized spacial score (nSPS) is 20.4. The first kappa shape index (κ1) is 26.7. The van der Waals surface area contributed by atoms with Gasteiger partial charge < -0.3 is 25.0 Å². The molecule has 2 N–H and O–H groups in total. The Hall–Kier alpha value is -1.37. The fourth-order valence-electron chi connectivity index (χ4n) is 4.34. The lowest BCUT2D eigenvalue weighted by molar-refractivity contribution is -0.133. The van der Waals surface area contributed by atoms with E-state index in [0.29, 0.717) is 30.2 Å². The Morgan fingerprint density at radius 3 is 2.30 bits per heavy atom. The molecule has 2 aliphatic heterocycles. The smallest absolute Gasteiger partial charge is 0.222 e. The zero-order valence-electron chi connectivity index (χ0n) is 18.3. The number of hydrogen-bond acceptors (Lipinski definition) is 5. The Bertz CT molecular complexity index is 626. The third-order valence-electron chi connectivity index (χ3n) is 6.21. The molecule has 2 saturated heterocycles. The van der Waals surface area contributed by atoms with Gasteiger partial charge in [-0.25, -0.2) is 0 Å². The van der Waals surface area contributed by atoms with Crippen molar-refractivity contribution in [3.8, 4) is 11.5 Å². The summed E-state index contributed by atoms with van der Waals surface area (Å²) in [5, 5.41) is 7.04. The number of amides is 1. The molecule has 0 spiro atoms. The van der Waals surface area contributed by atoms with E-state index in [4.69, 9.17) is 9.47 Å². The number of hydrogen-bond donors (Lipinski definition) is 2. The standard InChI is InChI=1S/C22H35N3O3.2ClH/c1-16(17-5-4-8-23-15-17)11-22(26)25-9-6-18(7-10-25)24-19-12-20(27-2)14-21(13-19)28-3;;/h12-14,16-18,23-24H,4-11,15H2,1-3H3;2*1H. The van der Waals surface area contributed by atoms with Crippen LogP contribution in [0.2, 0.25) is 0 Å². The van der Waals surface area contributed by atoms with Gasteiger partial charge in [-0.05, 0) is 50.6 Å². The Balaban J connectivity index is 0.00000225. The van der Waals surface area contributed by atoms with Crippen LogP contribution in [0.3, 0.4) is 0 Å². The van der Waals surface area contributed by atoms with Crippen molar-refractivity contribution in [1.82, 2.24) is 10.2 Å². The Labute approximate surface area is 193 Å². The second-order valence-electron chi connectivity index (χ2n) is 8.19. The van der Waals surface area contributed by atoms with Gasteiger partial charge in [0.25, 0.3) is 0 Å². The van der Waals surface area contributed by atoms with Gasteiger partial charge in [-0.2, -0.15) is 0 Å². The second-order valence-corrected chi connectivity index (χ2v) is 8.19. The summed E-state index contributed by atoms with van der Waals surface area (Å²) < 4.78 is 10.7. The zero-order valence-corrected chi connectivity index (χ0v) is 19.9. The lowest BCUT2D eigenvalue weighted by Crippen LogP contribution is -2.43. The maximum atomic E-state index is 12.7. The molecule has 2 unspecified atom stereocenters. The number of carbonyl (C=O) groups is 1. The van der Waals surface area contributed by atoms with Crippen LogP contribution in [0.25, 0.3) is 0 Å². The molecule has 2 atom stereocenters. The molecule has 0 bridgehead atoms. The molecule has 2 fully saturated rings. The molecule has 3 rings (SSSR count). The lowest BCUT2D eigenvalue weighted by atomic mass is 9.85. The van der Waals surface area contributed by atoms with E-state index in [1.807, 2.05) is 18.2 Å². The van der Waals surface area contributed by atoms with E-state index in [1.54, 1.807) is 14.2 Å². The number of carbonyl (C=O) groups excluding carboxylic acids is 1. The predicted molar refractivity (Wildman–Crippen MR) is 127 cm³/mol. The van der Waals surface area contributed by atoms with Crippen LogP contribution in [0, 0.1) is 11.8 Å². The summed E-state index contributed by atoms with van der Waals surface area (Å²) >= 11 is 0. The highest BCUT2D eigenvalue weighted by Gasteiger charge is 2.27. The molecule has 1 aromatic carbocycles. The number of methoxy groups -OCH3 is 2. The summed E-state index contributed by atoms with van der Waals surface area (Å²) in [5.41, 5.74) is 0.999. The fraction of sp³-hybridized carbons (Fsp3) is 0.682. The van der Waals surface area contributed by atoms with Crippen molar-refractivity contribution in [2.75, 3.05) is 45.7 Å². The number of rotatable bonds is 7. The topological polar surface area (TPSA) is 62.8 Å². The SMILES string of the molecule is COc1cc(NC2CCN(C(=O)CC(C)C3CCCNC3)CC2)cc(OC)c1.Cl.Cl. The van der Waals surface area contributed by atoms with Gasteiger partial charge in [0, 0.05) is 49.4 Å². The van der Waals surface area contributed by atoms with Gasteiger partial charge in [0.2, 0.25) is 5.91 Å². The van der Waals surface area contributed by atoms with Crippen LogP contribution in [0.5, 0.6) is 11.5 Å². The van der Waals surface area contributed by atoms with Crippen LogP contribution in [0.15, 0.2) is 18.2 Å². The summed E-state index contributed by atoms with van der Waals surface area (Å²) in [6.45, 7) is 6.07. The highest BCUT2D eigenvalue weighted by Crippen LogP contribution is 2.28. The number of benzene rings is 1. The van der Waals surface area contributed by atoms with Crippen LogP contribution in [0.4, 0.5) is 5.69 Å². The predicted octanol–water partition coefficient (Wildman–Crippen LogP) is 3.98. The molecule has 0 aromatic heterocycles. The van der Waals surface area contributed by atoms with E-state index in [2.05, 4.69) is 22.5 Å². The molecule has 1 amide bonds. The van der Waals surface area contributed by atoms with Gasteiger partial charge >= 0.3 is 0 Å². The molecule has 30 heavy (non-hydrogen) atoms. The zero-order chi connectivity index (χ0) is 19.9. The number of piperidine rings is 2. The van der Waals surface area contributed by atoms with E-state index in [-0.39, 0.29) is 24.8 Å². The molecule has 2 heterocycles. The molecule has 8 heteroatoms. The Morgan fingerprint density at radius 2 is 1.77 bits per heavy atom. The first-order chi connectivity index (χ1) is 13.6. The van der Waals surface area contributed by atoms with Crippen molar-refractivity contribution in [1.29, 1.82) is 0 Å². The van der Waals surface area contributed by atoms with Gasteiger partial charge in [0.15, 0.2) is 0 Å². The highest BCUT2D eigenvalue weighted by molar-refractivity contribution is 5.85. The van der Waals surface area contributed by atoms with E-state index in [9.17, 15) is 4.79 Å². The summed E-state index contributed by atoms with van der Waals surface area (Å²) in [4.78, 5) is 14.8. The van der Waals surface area contributed by atoms with Gasteiger partial charge in [-0.15, -0.1) is 24.8 Å². The molecular formula is C22H37Cl2N3O3. The molecule has 0 radical (unpaired) electrons. The van der Waals surface area contributed by atoms with Crippen molar-refractivity contribution >= 4 is 36.4 Å². The van der Waals surface area contributed by atoms with E-state index in [0.717, 1.165) is 56.2 Å². The summed E-state index contributed by atoms with van der Waals surface area (Å²) in [7, 11) is 3.32. The average molecular weight is 462 g/mol. The Morgan fingerprint density at radius 1 is 1.13 bits per heavy atom. The monoisotopic (exact) mass is 461 g/mol. The van der Waals surface area contributed by atoms with Crippen molar-refractivity contribution in [3.63, 3.8) is 0 Å². The second kappa shape index (κ2) is 13.1. The number of halogens is 2. The lowest BCUT2D eigenvalue weighted by Gasteiger charge is -2.35. The first-order valence-corrected chi connectivity index (χ1v) is 10.6. The third-order valence-corrected chi connectivity index (χ3v) is 6.21. The van der Waals surface area contributed by atoms with Crippen LogP contribution in [-0.2, 0) is 4.79 Å². The van der Waals surface area contributed by atoms with Gasteiger partial charge in [-0.1, -0.05) is 6.92 Å². The number of likely N-dealkylation sites (tertiary alicyclic amines) is 1. The number of nitrogens with one attached hydrogen (secondary N) is 2. The number of ether oxygens (including phenoxy) is 2. The molecule has 2 aliphatic rings. The maximum absolute atomic E-state index is 12.7. The molecule has 1 aromatic rings. The van der Waals surface area contributed by atoms with Crippen molar-refractivity contribution in [3.05, 3.63) is 18.2 Å². The van der Waals surface area contributed by atoms with Crippen LogP contribution < -0.4 is 20.1 Å². The molecule has 172 valence electrons. The van der Waals surface area contributed by atoms with E-state index >= 15 is 0 Å². The van der Waals surface area contributed by atoms with Gasteiger partial charge in [-0.3, -0.25) is 4.79 Å². The fourth-order valence-corrected chi connectivity index (χ4v) is 4.34. The van der Waals surface area contributed by atoms with Crippen molar-refractivity contribution < 1.29 is 14.3 Å². The summed E-state index contributed by atoms with van der Waals surface area (Å²) in [6.07, 6.45) is 5.08. The minimum absolute atomic E-state index is 0. The quantitative estimate of drug-likeness (QED) is 0.642. The van der Waals surface area contributed by atoms with Crippen LogP contribution in [0.1, 0.15) is 39.0 Å². The van der Waals surface area contributed by atoms with Crippen molar-refractivity contribution in [2.45, 2.75) is 45.1 Å². The molecule has 0 aliphatic carbocycles. The largest absolute Gasteiger partial charge is 0.497 e. The molecule has 0 saturated carbocycles. The molecule has 6 nitrogen and oxygen atoms in total. The third kappa shape index (κ3) is 7.40. The summed E-state index contributed by atoms with van der Waals surface area (Å²) in [6, 6.07) is 6.20. The average Bonchev–Trinajstić information content (AvgIpc) is 2.74. The van der Waals surface area contributed by atoms with E-state index < -0.39 is 0 Å².